The number of fused-ring (bicyclic) bond motifs is 1. The molecule has 3 heterocycles. The molecule has 0 aliphatic rings. The zero-order chi connectivity index (χ0) is 11.8. The van der Waals surface area contributed by atoms with Crippen molar-refractivity contribution in [3.8, 4) is 17.5 Å². The fraction of sp³-hybridized carbons (Fsp3) is 0.0909. The topological polar surface area (TPSA) is 52.6 Å². The average molecular weight is 250 g/mol. The van der Waals surface area contributed by atoms with Gasteiger partial charge in [0.1, 0.15) is 0 Å². The summed E-state index contributed by atoms with van der Waals surface area (Å²) in [6.07, 6.45) is 0. The van der Waals surface area contributed by atoms with Crippen LogP contribution >= 0.6 is 11.6 Å². The number of nitrogens with zero attached hydrogens (tertiary/aromatic N) is 3. The van der Waals surface area contributed by atoms with E-state index in [2.05, 4.69) is 10.2 Å². The SMILES string of the molecule is COc1cccc2nnc(-c3ccc(Cl)o3)n12. The predicted molar refractivity (Wildman–Crippen MR) is 62.3 cm³/mol. The number of pyridine rings is 1. The molecule has 0 aromatic carbocycles. The van der Waals surface area contributed by atoms with Gasteiger partial charge in [-0.1, -0.05) is 6.07 Å². The number of ether oxygens (including phenoxy) is 1. The van der Waals surface area contributed by atoms with Gasteiger partial charge in [0.05, 0.1) is 7.11 Å². The second-order valence-corrected chi connectivity index (χ2v) is 3.76. The molecule has 0 saturated heterocycles. The van der Waals surface area contributed by atoms with Gasteiger partial charge < -0.3 is 9.15 Å². The minimum Gasteiger partial charge on any atom is -0.482 e. The Bertz CT molecular complexity index is 674. The molecule has 86 valence electrons. The van der Waals surface area contributed by atoms with Crippen molar-refractivity contribution in [1.29, 1.82) is 0 Å². The summed E-state index contributed by atoms with van der Waals surface area (Å²) in [5.41, 5.74) is 0.687. The first-order chi connectivity index (χ1) is 8.29. The maximum absolute atomic E-state index is 5.75. The Morgan fingerprint density at radius 2 is 2.12 bits per heavy atom. The highest BCUT2D eigenvalue weighted by molar-refractivity contribution is 6.28. The molecule has 0 bridgehead atoms. The number of halogens is 1. The van der Waals surface area contributed by atoms with Gasteiger partial charge in [-0.15, -0.1) is 10.2 Å². The van der Waals surface area contributed by atoms with Crippen LogP contribution in [0.2, 0.25) is 5.22 Å². The molecule has 0 aliphatic carbocycles. The predicted octanol–water partition coefficient (Wildman–Crippen LogP) is 2.65. The first-order valence-electron chi connectivity index (χ1n) is 4.93. The molecule has 3 aromatic heterocycles. The summed E-state index contributed by atoms with van der Waals surface area (Å²) < 4.78 is 12.3. The van der Waals surface area contributed by atoms with Crippen molar-refractivity contribution in [2.75, 3.05) is 7.11 Å². The van der Waals surface area contributed by atoms with Crippen molar-refractivity contribution in [3.63, 3.8) is 0 Å². The van der Waals surface area contributed by atoms with E-state index in [4.69, 9.17) is 20.8 Å². The lowest BCUT2D eigenvalue weighted by atomic mass is 10.4. The van der Waals surface area contributed by atoms with Crippen molar-refractivity contribution >= 4 is 17.2 Å². The van der Waals surface area contributed by atoms with E-state index in [0.717, 1.165) is 0 Å². The van der Waals surface area contributed by atoms with Crippen molar-refractivity contribution in [2.24, 2.45) is 0 Å². The van der Waals surface area contributed by atoms with Crippen LogP contribution in [-0.2, 0) is 0 Å². The van der Waals surface area contributed by atoms with E-state index in [-0.39, 0.29) is 0 Å². The Labute approximate surface area is 102 Å². The van der Waals surface area contributed by atoms with E-state index >= 15 is 0 Å². The lowest BCUT2D eigenvalue weighted by Crippen LogP contribution is -1.95. The number of methoxy groups -OCH3 is 1. The number of rotatable bonds is 2. The van der Waals surface area contributed by atoms with Crippen LogP contribution in [0.1, 0.15) is 0 Å². The Morgan fingerprint density at radius 1 is 1.24 bits per heavy atom. The third-order valence-electron chi connectivity index (χ3n) is 2.40. The zero-order valence-corrected chi connectivity index (χ0v) is 9.68. The van der Waals surface area contributed by atoms with Crippen molar-refractivity contribution in [1.82, 2.24) is 14.6 Å². The molecule has 0 fully saturated rings. The summed E-state index contributed by atoms with van der Waals surface area (Å²) in [7, 11) is 1.59. The molecule has 0 amide bonds. The maximum Gasteiger partial charge on any atom is 0.207 e. The lowest BCUT2D eigenvalue weighted by Gasteiger charge is -2.03. The summed E-state index contributed by atoms with van der Waals surface area (Å²) >= 11 is 5.75. The van der Waals surface area contributed by atoms with Gasteiger partial charge in [0.2, 0.25) is 11.7 Å². The van der Waals surface area contributed by atoms with E-state index in [1.54, 1.807) is 23.6 Å². The summed E-state index contributed by atoms with van der Waals surface area (Å²) in [5, 5.41) is 8.42. The molecule has 0 saturated carbocycles. The van der Waals surface area contributed by atoms with Gasteiger partial charge in [0.15, 0.2) is 16.6 Å². The van der Waals surface area contributed by atoms with E-state index < -0.39 is 0 Å². The van der Waals surface area contributed by atoms with E-state index in [0.29, 0.717) is 28.3 Å². The molecule has 0 radical (unpaired) electrons. The van der Waals surface area contributed by atoms with Gasteiger partial charge in [0.25, 0.3) is 0 Å². The maximum atomic E-state index is 5.75. The van der Waals surface area contributed by atoms with Crippen LogP contribution in [0.15, 0.2) is 34.7 Å². The van der Waals surface area contributed by atoms with E-state index in [1.165, 1.54) is 0 Å². The molecule has 3 aromatic rings. The molecular weight excluding hydrogens is 242 g/mol. The zero-order valence-electron chi connectivity index (χ0n) is 8.92. The molecule has 0 unspecified atom stereocenters. The number of hydrogen-bond acceptors (Lipinski definition) is 4. The summed E-state index contributed by atoms with van der Waals surface area (Å²) in [6.45, 7) is 0. The van der Waals surface area contributed by atoms with Gasteiger partial charge >= 0.3 is 0 Å². The molecule has 17 heavy (non-hydrogen) atoms. The second kappa shape index (κ2) is 3.78. The first kappa shape index (κ1) is 10.2. The van der Waals surface area contributed by atoms with Gasteiger partial charge in [-0.25, -0.2) is 4.40 Å². The summed E-state index contributed by atoms with van der Waals surface area (Å²) in [4.78, 5) is 0. The van der Waals surface area contributed by atoms with Gasteiger partial charge in [-0.2, -0.15) is 0 Å². The van der Waals surface area contributed by atoms with Gasteiger partial charge in [-0.05, 0) is 35.9 Å². The van der Waals surface area contributed by atoms with Crippen molar-refractivity contribution < 1.29 is 9.15 Å². The largest absolute Gasteiger partial charge is 0.482 e. The number of hydrogen-bond donors (Lipinski definition) is 0. The first-order valence-corrected chi connectivity index (χ1v) is 5.31. The average Bonchev–Trinajstić information content (AvgIpc) is 2.94. The molecule has 0 N–H and O–H groups in total. The van der Waals surface area contributed by atoms with Crippen LogP contribution in [-0.4, -0.2) is 21.7 Å². The van der Waals surface area contributed by atoms with Crippen LogP contribution < -0.4 is 4.74 Å². The van der Waals surface area contributed by atoms with Gasteiger partial charge in [0, 0.05) is 0 Å². The minimum absolute atomic E-state index is 0.312. The Hall–Kier alpha value is -2.01. The van der Waals surface area contributed by atoms with Crippen LogP contribution in [0, 0.1) is 0 Å². The van der Waals surface area contributed by atoms with E-state index in [1.807, 2.05) is 18.2 Å². The Balaban J connectivity index is 2.30. The molecule has 3 rings (SSSR count). The fourth-order valence-electron chi connectivity index (χ4n) is 1.67. The minimum atomic E-state index is 0.312. The third-order valence-corrected chi connectivity index (χ3v) is 2.60. The smallest absolute Gasteiger partial charge is 0.207 e. The highest BCUT2D eigenvalue weighted by atomic mass is 35.5. The van der Waals surface area contributed by atoms with Crippen LogP contribution in [0.4, 0.5) is 0 Å². The van der Waals surface area contributed by atoms with Crippen LogP contribution in [0.3, 0.4) is 0 Å². The lowest BCUT2D eigenvalue weighted by molar-refractivity contribution is 0.392. The summed E-state index contributed by atoms with van der Waals surface area (Å²) in [5.74, 6) is 1.74. The molecule has 0 atom stereocenters. The third kappa shape index (κ3) is 1.55. The highest BCUT2D eigenvalue weighted by Gasteiger charge is 2.14. The highest BCUT2D eigenvalue weighted by Crippen LogP contribution is 2.26. The number of aromatic nitrogens is 3. The monoisotopic (exact) mass is 249 g/mol. The second-order valence-electron chi connectivity index (χ2n) is 3.39. The molecule has 6 heteroatoms. The Morgan fingerprint density at radius 3 is 2.82 bits per heavy atom. The summed E-state index contributed by atoms with van der Waals surface area (Å²) in [6, 6.07) is 8.91. The Kier molecular flexibility index (Phi) is 2.26. The standard InChI is InChI=1S/C11H8ClN3O2/c1-16-10-4-2-3-9-13-14-11(15(9)10)7-5-6-8(12)17-7/h2-6H,1H3. The van der Waals surface area contributed by atoms with Crippen molar-refractivity contribution in [3.05, 3.63) is 35.6 Å². The van der Waals surface area contributed by atoms with Gasteiger partial charge in [-0.3, -0.25) is 0 Å². The van der Waals surface area contributed by atoms with E-state index in [9.17, 15) is 0 Å². The quantitative estimate of drug-likeness (QED) is 0.701. The number of furan rings is 1. The van der Waals surface area contributed by atoms with Crippen LogP contribution in [0.25, 0.3) is 17.2 Å². The molecule has 5 nitrogen and oxygen atoms in total. The normalized spacial score (nSPS) is 10.9. The van der Waals surface area contributed by atoms with Crippen molar-refractivity contribution in [2.45, 2.75) is 0 Å². The molecule has 0 aliphatic heterocycles. The fourth-order valence-corrected chi connectivity index (χ4v) is 1.81. The van der Waals surface area contributed by atoms with Crippen LogP contribution in [0.5, 0.6) is 5.88 Å². The molecule has 0 spiro atoms. The molecular formula is C11H8ClN3O2.